The standard InChI is InChI=1S/C5H8O3.3C3H6/c1-2-5(7)8-4-3-6;3*1-3-2/h2,6H,1,3-4H2;3*3H,1H2,2H3. The van der Waals surface area contributed by atoms with Crippen LogP contribution in [0.1, 0.15) is 20.8 Å². The molecule has 0 rings (SSSR count). The van der Waals surface area contributed by atoms with Crippen LogP contribution >= 0.6 is 0 Å². The predicted octanol–water partition coefficient (Wildman–Crippen LogP) is 3.28. The van der Waals surface area contributed by atoms with Crippen LogP contribution in [0.25, 0.3) is 0 Å². The minimum absolute atomic E-state index is 0.0465. The minimum Gasteiger partial charge on any atom is -0.460 e. The Bertz CT molecular complexity index is 170. The summed E-state index contributed by atoms with van der Waals surface area (Å²) >= 11 is 0. The quantitative estimate of drug-likeness (QED) is 0.469. The molecule has 100 valence electrons. The molecular formula is C14H26O3. The lowest BCUT2D eigenvalue weighted by molar-refractivity contribution is -0.138. The maximum absolute atomic E-state index is 10.1. The molecule has 0 unspecified atom stereocenters. The zero-order valence-corrected chi connectivity index (χ0v) is 11.3. The van der Waals surface area contributed by atoms with E-state index in [4.69, 9.17) is 5.11 Å². The Kier molecular flexibility index (Phi) is 53.0. The molecule has 0 atom stereocenters. The van der Waals surface area contributed by atoms with Crippen LogP contribution < -0.4 is 0 Å². The fourth-order valence-electron chi connectivity index (χ4n) is 0.205. The van der Waals surface area contributed by atoms with Gasteiger partial charge in [-0.15, -0.1) is 19.7 Å². The van der Waals surface area contributed by atoms with Gasteiger partial charge in [0.05, 0.1) is 6.61 Å². The summed E-state index contributed by atoms with van der Waals surface area (Å²) in [5, 5.41) is 8.10. The first-order valence-electron chi connectivity index (χ1n) is 5.17. The lowest BCUT2D eigenvalue weighted by Gasteiger charge is -1.94. The van der Waals surface area contributed by atoms with E-state index in [2.05, 4.69) is 31.1 Å². The van der Waals surface area contributed by atoms with Gasteiger partial charge in [0, 0.05) is 6.08 Å². The van der Waals surface area contributed by atoms with Gasteiger partial charge in [0.1, 0.15) is 6.61 Å². The number of carbonyl (C=O) groups is 1. The van der Waals surface area contributed by atoms with Gasteiger partial charge in [0.2, 0.25) is 0 Å². The molecule has 0 saturated carbocycles. The number of ether oxygens (including phenoxy) is 1. The SMILES string of the molecule is C=CC.C=CC.C=CC.C=CC(=O)OCCO. The van der Waals surface area contributed by atoms with E-state index >= 15 is 0 Å². The minimum atomic E-state index is -0.501. The van der Waals surface area contributed by atoms with Crippen LogP contribution in [0.3, 0.4) is 0 Å². The van der Waals surface area contributed by atoms with Crippen molar-refractivity contribution in [3.8, 4) is 0 Å². The van der Waals surface area contributed by atoms with Crippen molar-refractivity contribution in [2.24, 2.45) is 0 Å². The lowest BCUT2D eigenvalue weighted by atomic mass is 10.6. The number of esters is 1. The van der Waals surface area contributed by atoms with Crippen molar-refractivity contribution in [1.29, 1.82) is 0 Å². The second-order valence-electron chi connectivity index (χ2n) is 2.32. The van der Waals surface area contributed by atoms with Gasteiger partial charge in [0.25, 0.3) is 0 Å². The summed E-state index contributed by atoms with van der Waals surface area (Å²) in [4.78, 5) is 10.1. The molecule has 17 heavy (non-hydrogen) atoms. The zero-order chi connectivity index (χ0) is 14.5. The van der Waals surface area contributed by atoms with Gasteiger partial charge in [-0.3, -0.25) is 0 Å². The molecule has 0 aliphatic carbocycles. The highest BCUT2D eigenvalue weighted by molar-refractivity contribution is 5.81. The smallest absolute Gasteiger partial charge is 0.330 e. The zero-order valence-electron chi connectivity index (χ0n) is 11.3. The Morgan fingerprint density at radius 2 is 1.35 bits per heavy atom. The van der Waals surface area contributed by atoms with E-state index in [0.29, 0.717) is 0 Å². The van der Waals surface area contributed by atoms with Crippen LogP contribution in [0.4, 0.5) is 0 Å². The number of allylic oxidation sites excluding steroid dienone is 3. The highest BCUT2D eigenvalue weighted by atomic mass is 16.5. The Hall–Kier alpha value is -1.61. The average Bonchev–Trinajstić information content (AvgIpc) is 2.29. The van der Waals surface area contributed by atoms with E-state index in [1.807, 2.05) is 20.8 Å². The molecule has 3 nitrogen and oxygen atoms in total. The van der Waals surface area contributed by atoms with Crippen molar-refractivity contribution in [2.45, 2.75) is 20.8 Å². The highest BCUT2D eigenvalue weighted by Crippen LogP contribution is 1.75. The van der Waals surface area contributed by atoms with Crippen molar-refractivity contribution in [1.82, 2.24) is 0 Å². The fourth-order valence-corrected chi connectivity index (χ4v) is 0.205. The van der Waals surface area contributed by atoms with E-state index in [1.54, 1.807) is 18.2 Å². The lowest BCUT2D eigenvalue weighted by Crippen LogP contribution is -2.04. The molecule has 0 aromatic heterocycles. The van der Waals surface area contributed by atoms with Gasteiger partial charge >= 0.3 is 5.97 Å². The normalized spacial score (nSPS) is 6.12. The molecule has 0 aromatic rings. The second kappa shape index (κ2) is 36.7. The van der Waals surface area contributed by atoms with E-state index in [-0.39, 0.29) is 13.2 Å². The molecule has 0 saturated heterocycles. The number of rotatable bonds is 3. The third kappa shape index (κ3) is 115. The molecule has 0 fully saturated rings. The van der Waals surface area contributed by atoms with E-state index < -0.39 is 5.97 Å². The Morgan fingerprint density at radius 3 is 1.53 bits per heavy atom. The van der Waals surface area contributed by atoms with Crippen molar-refractivity contribution in [3.05, 3.63) is 50.6 Å². The molecule has 0 bridgehead atoms. The summed E-state index contributed by atoms with van der Waals surface area (Å²) in [6, 6.07) is 0. The summed E-state index contributed by atoms with van der Waals surface area (Å²) in [7, 11) is 0. The van der Waals surface area contributed by atoms with Crippen molar-refractivity contribution < 1.29 is 14.6 Å². The average molecular weight is 242 g/mol. The molecule has 0 amide bonds. The van der Waals surface area contributed by atoms with Crippen LogP contribution in [0.15, 0.2) is 50.6 Å². The molecule has 0 aliphatic heterocycles. The van der Waals surface area contributed by atoms with Crippen molar-refractivity contribution in [2.75, 3.05) is 13.2 Å². The molecule has 0 radical (unpaired) electrons. The molecule has 3 heteroatoms. The van der Waals surface area contributed by atoms with Gasteiger partial charge in [-0.2, -0.15) is 0 Å². The van der Waals surface area contributed by atoms with Crippen LogP contribution in [-0.4, -0.2) is 24.3 Å². The first-order valence-corrected chi connectivity index (χ1v) is 5.17. The van der Waals surface area contributed by atoms with Gasteiger partial charge in [-0.1, -0.05) is 24.8 Å². The molecule has 0 heterocycles. The second-order valence-corrected chi connectivity index (χ2v) is 2.32. The molecular weight excluding hydrogens is 216 g/mol. The summed E-state index contributed by atoms with van der Waals surface area (Å²) in [5.74, 6) is -0.501. The van der Waals surface area contributed by atoms with Gasteiger partial charge < -0.3 is 9.84 Å². The summed E-state index contributed by atoms with van der Waals surface area (Å²) in [5.41, 5.74) is 0. The van der Waals surface area contributed by atoms with Gasteiger partial charge in [0.15, 0.2) is 0 Å². The third-order valence-corrected chi connectivity index (χ3v) is 0.502. The van der Waals surface area contributed by atoms with Gasteiger partial charge in [-0.25, -0.2) is 4.79 Å². The van der Waals surface area contributed by atoms with E-state index in [0.717, 1.165) is 6.08 Å². The number of hydrogen-bond donors (Lipinski definition) is 1. The van der Waals surface area contributed by atoms with Crippen molar-refractivity contribution >= 4 is 5.97 Å². The van der Waals surface area contributed by atoms with E-state index in [1.165, 1.54) is 0 Å². The Labute approximate surface area is 106 Å². The molecule has 0 aliphatic rings. The predicted molar refractivity (Wildman–Crippen MR) is 75.9 cm³/mol. The summed E-state index contributed by atoms with van der Waals surface area (Å²) < 4.78 is 4.33. The Balaban J connectivity index is -0.0000000784. The topological polar surface area (TPSA) is 46.5 Å². The summed E-state index contributed by atoms with van der Waals surface area (Å²) in [6.45, 7) is 18.8. The molecule has 0 aromatic carbocycles. The molecule has 1 N–H and O–H groups in total. The highest BCUT2D eigenvalue weighted by Gasteiger charge is 1.90. The van der Waals surface area contributed by atoms with Gasteiger partial charge in [-0.05, 0) is 20.8 Å². The number of aliphatic hydroxyl groups excluding tert-OH is 1. The number of carbonyl (C=O) groups excluding carboxylic acids is 1. The first-order chi connectivity index (χ1) is 8.05. The summed E-state index contributed by atoms with van der Waals surface area (Å²) in [6.07, 6.45) is 6.30. The maximum Gasteiger partial charge on any atom is 0.330 e. The largest absolute Gasteiger partial charge is 0.460 e. The third-order valence-electron chi connectivity index (χ3n) is 0.502. The number of aliphatic hydroxyl groups is 1. The fraction of sp³-hybridized carbons (Fsp3) is 0.357. The van der Waals surface area contributed by atoms with Crippen LogP contribution in [0, 0.1) is 0 Å². The van der Waals surface area contributed by atoms with Crippen LogP contribution in [-0.2, 0) is 9.53 Å². The Morgan fingerprint density at radius 1 is 1.06 bits per heavy atom. The maximum atomic E-state index is 10.1. The first kappa shape index (κ1) is 24.6. The molecule has 0 spiro atoms. The monoisotopic (exact) mass is 242 g/mol. The number of hydrogen-bond acceptors (Lipinski definition) is 3. The van der Waals surface area contributed by atoms with Crippen LogP contribution in [0.5, 0.6) is 0 Å². The van der Waals surface area contributed by atoms with E-state index in [9.17, 15) is 4.79 Å². The van der Waals surface area contributed by atoms with Crippen LogP contribution in [0.2, 0.25) is 0 Å². The van der Waals surface area contributed by atoms with Crippen molar-refractivity contribution in [3.63, 3.8) is 0 Å².